The van der Waals surface area contributed by atoms with Gasteiger partial charge in [-0.1, -0.05) is 54.0 Å². The van der Waals surface area contributed by atoms with Gasteiger partial charge in [0.15, 0.2) is 0 Å². The van der Waals surface area contributed by atoms with Crippen molar-refractivity contribution in [3.05, 3.63) is 70.4 Å². The van der Waals surface area contributed by atoms with E-state index in [-0.39, 0.29) is 12.0 Å². The Kier molecular flexibility index (Phi) is 7.31. The summed E-state index contributed by atoms with van der Waals surface area (Å²) in [7, 11) is 0. The molecule has 0 fully saturated rings. The van der Waals surface area contributed by atoms with Crippen molar-refractivity contribution < 1.29 is 24.0 Å². The number of halogens is 1. The summed E-state index contributed by atoms with van der Waals surface area (Å²) >= 11 is 6.26. The molecule has 7 nitrogen and oxygen atoms in total. The molecule has 1 heterocycles. The van der Waals surface area contributed by atoms with Crippen molar-refractivity contribution in [3.8, 4) is 17.0 Å². The number of nitrogens with zero attached hydrogens (tertiary/aromatic N) is 1. The predicted octanol–water partition coefficient (Wildman–Crippen LogP) is 5.04. The van der Waals surface area contributed by atoms with Crippen molar-refractivity contribution in [1.29, 1.82) is 0 Å². The van der Waals surface area contributed by atoms with Gasteiger partial charge in [-0.3, -0.25) is 9.59 Å². The molecule has 2 aromatic carbocycles. The summed E-state index contributed by atoms with van der Waals surface area (Å²) in [6.45, 7) is 4.22. The molecule has 1 aromatic heterocycles. The van der Waals surface area contributed by atoms with E-state index in [1.807, 2.05) is 6.92 Å². The highest BCUT2D eigenvalue weighted by atomic mass is 35.5. The quantitative estimate of drug-likeness (QED) is 0.481. The molecule has 0 bridgehead atoms. The van der Waals surface area contributed by atoms with E-state index in [9.17, 15) is 14.7 Å². The van der Waals surface area contributed by atoms with Crippen LogP contribution in [0.1, 0.15) is 47.5 Å². The number of carboxylic acids is 1. The van der Waals surface area contributed by atoms with Crippen LogP contribution in [0, 0.1) is 6.92 Å². The van der Waals surface area contributed by atoms with Crippen LogP contribution in [0.5, 0.6) is 5.75 Å². The first-order chi connectivity index (χ1) is 14.9. The van der Waals surface area contributed by atoms with Gasteiger partial charge in [0.25, 0.3) is 5.91 Å². The molecule has 1 atom stereocenters. The van der Waals surface area contributed by atoms with Crippen LogP contribution < -0.4 is 10.1 Å². The van der Waals surface area contributed by atoms with Gasteiger partial charge in [-0.05, 0) is 37.1 Å². The molecule has 0 aliphatic rings. The minimum atomic E-state index is -1.04. The zero-order chi connectivity index (χ0) is 22.4. The third-order valence-corrected chi connectivity index (χ3v) is 4.99. The summed E-state index contributed by atoms with van der Waals surface area (Å²) in [6, 6.07) is 13.2. The number of aliphatic carboxylic acids is 1. The van der Waals surface area contributed by atoms with Gasteiger partial charge in [-0.2, -0.15) is 0 Å². The van der Waals surface area contributed by atoms with Gasteiger partial charge in [-0.25, -0.2) is 0 Å². The number of carbonyl (C=O) groups is 2. The summed E-state index contributed by atoms with van der Waals surface area (Å²) in [6.07, 6.45) is 0.595. The second-order valence-electron chi connectivity index (χ2n) is 6.98. The van der Waals surface area contributed by atoms with Crippen LogP contribution >= 0.6 is 11.6 Å². The van der Waals surface area contributed by atoms with Crippen molar-refractivity contribution in [2.45, 2.75) is 32.7 Å². The SMILES string of the molecule is CCCOc1ccc([C@H](CC(=O)O)NC(=O)c2c(-c3ccccc3Cl)noc2C)cc1. The van der Waals surface area contributed by atoms with Gasteiger partial charge in [0, 0.05) is 5.56 Å². The topological polar surface area (TPSA) is 102 Å². The second-order valence-corrected chi connectivity index (χ2v) is 7.39. The van der Waals surface area contributed by atoms with Crippen molar-refractivity contribution in [2.24, 2.45) is 0 Å². The number of aromatic nitrogens is 1. The van der Waals surface area contributed by atoms with Crippen LogP contribution in [0.25, 0.3) is 11.3 Å². The van der Waals surface area contributed by atoms with E-state index in [1.54, 1.807) is 55.5 Å². The highest BCUT2D eigenvalue weighted by molar-refractivity contribution is 6.33. The van der Waals surface area contributed by atoms with Gasteiger partial charge in [-0.15, -0.1) is 0 Å². The molecule has 0 spiro atoms. The van der Waals surface area contributed by atoms with Crippen molar-refractivity contribution in [1.82, 2.24) is 10.5 Å². The van der Waals surface area contributed by atoms with E-state index >= 15 is 0 Å². The molecule has 1 amide bonds. The molecule has 2 N–H and O–H groups in total. The maximum Gasteiger partial charge on any atom is 0.305 e. The number of rotatable bonds is 9. The first-order valence-corrected chi connectivity index (χ1v) is 10.2. The standard InChI is InChI=1S/C23H23ClN2O5/c1-3-12-30-16-10-8-15(9-11-16)19(13-20(27)28)25-23(29)21-14(2)31-26-22(21)17-6-4-5-7-18(17)24/h4-11,19H,3,12-13H2,1-2H3,(H,25,29)(H,27,28)/t19-/m0/s1. The smallest absolute Gasteiger partial charge is 0.305 e. The van der Waals surface area contributed by atoms with Crippen LogP contribution in [0.15, 0.2) is 53.1 Å². The molecular weight excluding hydrogens is 420 g/mol. The molecule has 0 aliphatic carbocycles. The van der Waals surface area contributed by atoms with Gasteiger partial charge < -0.3 is 19.7 Å². The Balaban J connectivity index is 1.88. The average Bonchev–Trinajstić information content (AvgIpc) is 3.13. The Morgan fingerprint density at radius 2 is 1.90 bits per heavy atom. The molecule has 0 saturated heterocycles. The predicted molar refractivity (Wildman–Crippen MR) is 116 cm³/mol. The number of hydrogen-bond donors (Lipinski definition) is 2. The molecule has 0 unspecified atom stereocenters. The summed E-state index contributed by atoms with van der Waals surface area (Å²) in [5.41, 5.74) is 1.72. The van der Waals surface area contributed by atoms with Gasteiger partial charge in [0.05, 0.1) is 24.1 Å². The lowest BCUT2D eigenvalue weighted by Crippen LogP contribution is -2.30. The maximum absolute atomic E-state index is 13.1. The second kappa shape index (κ2) is 10.1. The Hall–Kier alpha value is -3.32. The number of aryl methyl sites for hydroxylation is 1. The number of carbonyl (C=O) groups excluding carboxylic acids is 1. The normalized spacial score (nSPS) is 11.7. The zero-order valence-corrected chi connectivity index (χ0v) is 18.0. The van der Waals surface area contributed by atoms with Gasteiger partial charge in [0.1, 0.15) is 22.8 Å². The van der Waals surface area contributed by atoms with Crippen LogP contribution in [-0.2, 0) is 4.79 Å². The molecule has 0 aliphatic heterocycles. The fourth-order valence-electron chi connectivity index (χ4n) is 3.15. The first-order valence-electron chi connectivity index (χ1n) is 9.87. The number of benzene rings is 2. The first kappa shape index (κ1) is 22.4. The van der Waals surface area contributed by atoms with Crippen LogP contribution in [0.3, 0.4) is 0 Å². The lowest BCUT2D eigenvalue weighted by molar-refractivity contribution is -0.137. The fraction of sp³-hybridized carbons (Fsp3) is 0.261. The highest BCUT2D eigenvalue weighted by Crippen LogP contribution is 2.31. The van der Waals surface area contributed by atoms with Crippen LogP contribution in [0.4, 0.5) is 0 Å². The number of carboxylic acid groups (broad SMARTS) is 1. The third-order valence-electron chi connectivity index (χ3n) is 4.66. The van der Waals surface area contributed by atoms with Crippen LogP contribution in [0.2, 0.25) is 5.02 Å². The van der Waals surface area contributed by atoms with E-state index in [0.29, 0.717) is 40.0 Å². The summed E-state index contributed by atoms with van der Waals surface area (Å²) < 4.78 is 10.8. The molecule has 0 radical (unpaired) electrons. The van der Waals surface area contributed by atoms with Gasteiger partial charge >= 0.3 is 5.97 Å². The van der Waals surface area contributed by atoms with Crippen LogP contribution in [-0.4, -0.2) is 28.7 Å². The Bertz CT molecular complexity index is 1060. The van der Waals surface area contributed by atoms with Crippen molar-refractivity contribution in [2.75, 3.05) is 6.61 Å². The van der Waals surface area contributed by atoms with E-state index in [4.69, 9.17) is 20.9 Å². The summed E-state index contributed by atoms with van der Waals surface area (Å²) in [5, 5.41) is 16.6. The minimum Gasteiger partial charge on any atom is -0.494 e. The largest absolute Gasteiger partial charge is 0.494 e. The monoisotopic (exact) mass is 442 g/mol. The summed E-state index contributed by atoms with van der Waals surface area (Å²) in [5.74, 6) is -0.539. The molecule has 3 rings (SSSR count). The molecule has 0 saturated carbocycles. The van der Waals surface area contributed by atoms with E-state index in [0.717, 1.165) is 6.42 Å². The van der Waals surface area contributed by atoms with E-state index < -0.39 is 17.9 Å². The lowest BCUT2D eigenvalue weighted by atomic mass is 10.0. The van der Waals surface area contributed by atoms with E-state index in [1.165, 1.54) is 0 Å². The van der Waals surface area contributed by atoms with Gasteiger partial charge in [0.2, 0.25) is 0 Å². The number of hydrogen-bond acceptors (Lipinski definition) is 5. The summed E-state index contributed by atoms with van der Waals surface area (Å²) in [4.78, 5) is 24.6. The average molecular weight is 443 g/mol. The number of amides is 1. The number of ether oxygens (including phenoxy) is 1. The third kappa shape index (κ3) is 5.44. The molecule has 162 valence electrons. The molecule has 31 heavy (non-hydrogen) atoms. The fourth-order valence-corrected chi connectivity index (χ4v) is 3.38. The molecular formula is C23H23ClN2O5. The Labute approximate surface area is 185 Å². The minimum absolute atomic E-state index is 0.214. The lowest BCUT2D eigenvalue weighted by Gasteiger charge is -2.18. The van der Waals surface area contributed by atoms with E-state index in [2.05, 4.69) is 10.5 Å². The Morgan fingerprint density at radius 1 is 1.19 bits per heavy atom. The zero-order valence-electron chi connectivity index (χ0n) is 17.2. The number of nitrogens with one attached hydrogen (secondary N) is 1. The molecule has 3 aromatic rings. The van der Waals surface area contributed by atoms with Crippen molar-refractivity contribution in [3.63, 3.8) is 0 Å². The van der Waals surface area contributed by atoms with Crippen molar-refractivity contribution >= 4 is 23.5 Å². The highest BCUT2D eigenvalue weighted by Gasteiger charge is 2.26. The Morgan fingerprint density at radius 3 is 2.55 bits per heavy atom. The molecule has 8 heteroatoms. The maximum atomic E-state index is 13.1.